The largest absolute Gasteiger partial charge is 0.465 e. The van der Waals surface area contributed by atoms with Crippen LogP contribution >= 0.6 is 11.6 Å². The lowest BCUT2D eigenvalue weighted by Crippen LogP contribution is -2.04. The first-order valence-electron chi connectivity index (χ1n) is 8.29. The molecule has 138 valence electrons. The summed E-state index contributed by atoms with van der Waals surface area (Å²) in [6.45, 7) is 3.89. The van der Waals surface area contributed by atoms with Gasteiger partial charge in [-0.1, -0.05) is 17.7 Å². The molecule has 0 saturated heterocycles. The molecule has 0 aliphatic carbocycles. The van der Waals surface area contributed by atoms with Gasteiger partial charge in [-0.25, -0.2) is 9.78 Å². The number of nitrogens with one attached hydrogen (secondary N) is 2. The van der Waals surface area contributed by atoms with Gasteiger partial charge in [0.2, 0.25) is 5.95 Å². The molecular weight excluding hydrogens is 364 g/mol. The van der Waals surface area contributed by atoms with Gasteiger partial charge in [-0.3, -0.25) is 0 Å². The molecule has 3 aromatic rings. The van der Waals surface area contributed by atoms with Crippen molar-refractivity contribution in [2.45, 2.75) is 13.8 Å². The lowest BCUT2D eigenvalue weighted by molar-refractivity contribution is 0.0601. The van der Waals surface area contributed by atoms with Crippen molar-refractivity contribution in [2.24, 2.45) is 0 Å². The number of hydrogen-bond acceptors (Lipinski definition) is 6. The van der Waals surface area contributed by atoms with Crippen LogP contribution in [0.4, 0.5) is 23.1 Å². The van der Waals surface area contributed by atoms with Gasteiger partial charge in [0.05, 0.1) is 12.7 Å². The van der Waals surface area contributed by atoms with E-state index in [1.54, 1.807) is 24.3 Å². The number of halogens is 1. The number of esters is 1. The quantitative estimate of drug-likeness (QED) is 0.603. The highest BCUT2D eigenvalue weighted by Crippen LogP contribution is 2.24. The van der Waals surface area contributed by atoms with Crippen molar-refractivity contribution in [1.29, 1.82) is 0 Å². The van der Waals surface area contributed by atoms with Crippen molar-refractivity contribution in [3.8, 4) is 0 Å². The van der Waals surface area contributed by atoms with E-state index in [2.05, 4.69) is 20.6 Å². The summed E-state index contributed by atoms with van der Waals surface area (Å²) in [7, 11) is 1.35. The standard InChI is InChI=1S/C20H19ClN4O2/c1-12-4-7-15(21)11-17(12)24-18-10-13(2)22-20(25-18)23-16-8-5-14(6-9-16)19(26)27-3/h4-11H,1-3H3,(H2,22,23,24,25). The van der Waals surface area contributed by atoms with Gasteiger partial charge in [-0.15, -0.1) is 0 Å². The minimum absolute atomic E-state index is 0.378. The zero-order chi connectivity index (χ0) is 19.4. The second-order valence-electron chi connectivity index (χ2n) is 6.00. The Morgan fingerprint density at radius 3 is 2.44 bits per heavy atom. The van der Waals surface area contributed by atoms with Crippen LogP contribution in [0.1, 0.15) is 21.6 Å². The van der Waals surface area contributed by atoms with E-state index in [0.29, 0.717) is 22.4 Å². The first-order valence-corrected chi connectivity index (χ1v) is 8.66. The maximum atomic E-state index is 11.5. The van der Waals surface area contributed by atoms with Crippen LogP contribution in [0.3, 0.4) is 0 Å². The maximum Gasteiger partial charge on any atom is 0.337 e. The predicted octanol–water partition coefficient (Wildman–Crippen LogP) is 5.02. The summed E-state index contributed by atoms with van der Waals surface area (Å²) >= 11 is 6.08. The molecule has 6 nitrogen and oxygen atoms in total. The van der Waals surface area contributed by atoms with Crippen LogP contribution in [0.25, 0.3) is 0 Å². The van der Waals surface area contributed by atoms with Gasteiger partial charge < -0.3 is 15.4 Å². The summed E-state index contributed by atoms with van der Waals surface area (Å²) in [6, 6.07) is 14.4. The van der Waals surface area contributed by atoms with E-state index in [1.807, 2.05) is 38.1 Å². The van der Waals surface area contributed by atoms with E-state index >= 15 is 0 Å². The molecule has 0 aliphatic heterocycles. The van der Waals surface area contributed by atoms with Crippen LogP contribution in [-0.2, 0) is 4.74 Å². The topological polar surface area (TPSA) is 76.1 Å². The van der Waals surface area contributed by atoms with Crippen LogP contribution in [0.5, 0.6) is 0 Å². The lowest BCUT2D eigenvalue weighted by atomic mass is 10.2. The smallest absolute Gasteiger partial charge is 0.337 e. The molecule has 7 heteroatoms. The van der Waals surface area contributed by atoms with E-state index < -0.39 is 0 Å². The first kappa shape index (κ1) is 18.7. The number of carbonyl (C=O) groups is 1. The molecule has 0 radical (unpaired) electrons. The van der Waals surface area contributed by atoms with Crippen molar-refractivity contribution in [3.63, 3.8) is 0 Å². The maximum absolute atomic E-state index is 11.5. The van der Waals surface area contributed by atoms with E-state index in [-0.39, 0.29) is 5.97 Å². The number of rotatable bonds is 5. The molecule has 0 aliphatic rings. The number of aromatic nitrogens is 2. The number of carbonyl (C=O) groups excluding carboxylic acids is 1. The molecule has 0 atom stereocenters. The summed E-state index contributed by atoms with van der Waals surface area (Å²) in [6.07, 6.45) is 0. The highest BCUT2D eigenvalue weighted by Gasteiger charge is 2.08. The first-order chi connectivity index (χ1) is 12.9. The average molecular weight is 383 g/mol. The van der Waals surface area contributed by atoms with Gasteiger partial charge in [0.15, 0.2) is 0 Å². The lowest BCUT2D eigenvalue weighted by Gasteiger charge is -2.12. The second kappa shape index (κ2) is 8.05. The molecule has 0 unspecified atom stereocenters. The molecule has 1 aromatic heterocycles. The molecule has 1 heterocycles. The molecular formula is C20H19ClN4O2. The summed E-state index contributed by atoms with van der Waals surface area (Å²) in [4.78, 5) is 20.4. The summed E-state index contributed by atoms with van der Waals surface area (Å²) in [5, 5.41) is 7.07. The van der Waals surface area contributed by atoms with Gasteiger partial charge in [0.1, 0.15) is 5.82 Å². The fourth-order valence-corrected chi connectivity index (χ4v) is 2.66. The fourth-order valence-electron chi connectivity index (χ4n) is 2.49. The van der Waals surface area contributed by atoms with E-state index in [9.17, 15) is 4.79 Å². The van der Waals surface area contributed by atoms with Crippen LogP contribution < -0.4 is 10.6 Å². The third kappa shape index (κ3) is 4.74. The summed E-state index contributed by atoms with van der Waals surface area (Å²) < 4.78 is 4.70. The summed E-state index contributed by atoms with van der Waals surface area (Å²) in [5.74, 6) is 0.723. The van der Waals surface area contributed by atoms with Crippen LogP contribution in [-0.4, -0.2) is 23.0 Å². The SMILES string of the molecule is COC(=O)c1ccc(Nc2nc(C)cc(Nc3cc(Cl)ccc3C)n2)cc1. The van der Waals surface area contributed by atoms with Crippen molar-refractivity contribution < 1.29 is 9.53 Å². The Balaban J connectivity index is 1.81. The molecule has 2 aromatic carbocycles. The number of hydrogen-bond donors (Lipinski definition) is 2. The highest BCUT2D eigenvalue weighted by molar-refractivity contribution is 6.30. The molecule has 27 heavy (non-hydrogen) atoms. The molecule has 0 fully saturated rings. The Bertz CT molecular complexity index is 974. The minimum atomic E-state index is -0.378. The Morgan fingerprint density at radius 2 is 1.74 bits per heavy atom. The normalized spacial score (nSPS) is 10.4. The Morgan fingerprint density at radius 1 is 1.00 bits per heavy atom. The zero-order valence-electron chi connectivity index (χ0n) is 15.2. The summed E-state index contributed by atoms with van der Waals surface area (Å²) in [5.41, 5.74) is 3.99. The van der Waals surface area contributed by atoms with Gasteiger partial charge in [0.25, 0.3) is 0 Å². The average Bonchev–Trinajstić information content (AvgIpc) is 2.64. The van der Waals surface area contributed by atoms with Gasteiger partial charge in [-0.2, -0.15) is 4.98 Å². The number of benzene rings is 2. The highest BCUT2D eigenvalue weighted by atomic mass is 35.5. The third-order valence-corrected chi connectivity index (χ3v) is 4.11. The Kier molecular flexibility index (Phi) is 5.57. The van der Waals surface area contributed by atoms with Crippen molar-refractivity contribution in [2.75, 3.05) is 17.7 Å². The molecule has 0 spiro atoms. The predicted molar refractivity (Wildman–Crippen MR) is 107 cm³/mol. The van der Waals surface area contributed by atoms with Gasteiger partial charge in [-0.05, 0) is 55.8 Å². The van der Waals surface area contributed by atoms with Crippen LogP contribution in [0.2, 0.25) is 5.02 Å². The van der Waals surface area contributed by atoms with Gasteiger partial charge >= 0.3 is 5.97 Å². The second-order valence-corrected chi connectivity index (χ2v) is 6.43. The molecule has 0 bridgehead atoms. The number of methoxy groups -OCH3 is 1. The minimum Gasteiger partial charge on any atom is -0.465 e. The van der Waals surface area contributed by atoms with Crippen LogP contribution in [0, 0.1) is 13.8 Å². The number of nitrogens with zero attached hydrogens (tertiary/aromatic N) is 2. The van der Waals surface area contributed by atoms with E-state index in [4.69, 9.17) is 16.3 Å². The van der Waals surface area contributed by atoms with Crippen LogP contribution in [0.15, 0.2) is 48.5 Å². The third-order valence-electron chi connectivity index (χ3n) is 3.88. The zero-order valence-corrected chi connectivity index (χ0v) is 16.0. The molecule has 0 amide bonds. The fraction of sp³-hybridized carbons (Fsp3) is 0.150. The van der Waals surface area contributed by atoms with E-state index in [0.717, 1.165) is 22.6 Å². The van der Waals surface area contributed by atoms with Gasteiger partial charge in [0, 0.05) is 28.2 Å². The number of ether oxygens (including phenoxy) is 1. The molecule has 0 saturated carbocycles. The van der Waals surface area contributed by atoms with E-state index in [1.165, 1.54) is 7.11 Å². The monoisotopic (exact) mass is 382 g/mol. The Labute approximate surface area is 162 Å². The van der Waals surface area contributed by atoms with Crippen molar-refractivity contribution in [3.05, 3.63) is 70.4 Å². The number of aryl methyl sites for hydroxylation is 2. The molecule has 3 rings (SSSR count). The number of anilines is 4. The van der Waals surface area contributed by atoms with Crippen molar-refractivity contribution in [1.82, 2.24) is 9.97 Å². The Hall–Kier alpha value is -3.12. The van der Waals surface area contributed by atoms with Crippen molar-refractivity contribution >= 4 is 40.7 Å². The molecule has 2 N–H and O–H groups in total.